The van der Waals surface area contributed by atoms with Gasteiger partial charge in [-0.15, -0.1) is 0 Å². The van der Waals surface area contributed by atoms with Gasteiger partial charge in [0.2, 0.25) is 0 Å². The van der Waals surface area contributed by atoms with Gasteiger partial charge in [-0.25, -0.2) is 4.79 Å². The van der Waals surface area contributed by atoms with Crippen LogP contribution in [-0.4, -0.2) is 48.0 Å². The van der Waals surface area contributed by atoms with Crippen LogP contribution in [0, 0.1) is 0 Å². The molecule has 1 aliphatic heterocycles. The summed E-state index contributed by atoms with van der Waals surface area (Å²) in [5, 5.41) is 20.8. The third-order valence-corrected chi connectivity index (χ3v) is 3.28. The summed E-state index contributed by atoms with van der Waals surface area (Å²) in [5.41, 5.74) is -0.991. The Kier molecular flexibility index (Phi) is 4.37. The monoisotopic (exact) mass is 307 g/mol. The number of carboxylic acid groups (broad SMARTS) is 1. The van der Waals surface area contributed by atoms with Gasteiger partial charge in [0.1, 0.15) is 6.61 Å². The molecule has 0 saturated carbocycles. The normalized spacial score (nSPS) is 15.7. The maximum absolute atomic E-state index is 12.0. The first-order valence-electron chi connectivity index (χ1n) is 6.59. The fourth-order valence-electron chi connectivity index (χ4n) is 1.91. The Morgan fingerprint density at radius 1 is 1.45 bits per heavy atom. The van der Waals surface area contributed by atoms with E-state index in [9.17, 15) is 14.7 Å². The van der Waals surface area contributed by atoms with Crippen LogP contribution in [0.1, 0.15) is 12.5 Å². The summed E-state index contributed by atoms with van der Waals surface area (Å²) in [6, 6.07) is 5.30. The summed E-state index contributed by atoms with van der Waals surface area (Å²) in [6.45, 7) is 0.749. The Balaban J connectivity index is 2.12. The molecule has 3 N–H and O–H groups in total. The Morgan fingerprint density at radius 2 is 2.18 bits per heavy atom. The standard InChI is InChI=1S/C15H17NO6/c1-15(20,14(18)19)8-16-13(17)10-6-9-4-3-5-11(21-2)12(9)22-7-10/h3-6,20H,7-8H2,1-2H3,(H,16,17)(H,18,19). The van der Waals surface area contributed by atoms with Gasteiger partial charge in [-0.1, -0.05) is 12.1 Å². The Hall–Kier alpha value is -2.54. The van der Waals surface area contributed by atoms with Crippen molar-refractivity contribution in [1.82, 2.24) is 5.32 Å². The van der Waals surface area contributed by atoms with Gasteiger partial charge in [-0.2, -0.15) is 0 Å². The highest BCUT2D eigenvalue weighted by Crippen LogP contribution is 2.35. The number of para-hydroxylation sites is 1. The molecule has 1 aliphatic rings. The molecule has 1 unspecified atom stereocenters. The second kappa shape index (κ2) is 6.07. The number of benzene rings is 1. The minimum atomic E-state index is -2.02. The number of carbonyl (C=O) groups excluding carboxylic acids is 1. The molecule has 1 amide bonds. The molecule has 1 atom stereocenters. The number of aliphatic carboxylic acids is 1. The van der Waals surface area contributed by atoms with E-state index in [-0.39, 0.29) is 6.61 Å². The van der Waals surface area contributed by atoms with Crippen LogP contribution in [0.3, 0.4) is 0 Å². The fraction of sp³-hybridized carbons (Fsp3) is 0.333. The predicted molar refractivity (Wildman–Crippen MR) is 77.7 cm³/mol. The van der Waals surface area contributed by atoms with E-state index in [1.807, 2.05) is 0 Å². The molecule has 1 heterocycles. The van der Waals surface area contributed by atoms with Crippen LogP contribution in [0.25, 0.3) is 6.08 Å². The number of nitrogens with one attached hydrogen (secondary N) is 1. The molecule has 1 aromatic rings. The van der Waals surface area contributed by atoms with E-state index in [0.29, 0.717) is 22.6 Å². The minimum absolute atomic E-state index is 0.0361. The van der Waals surface area contributed by atoms with Crippen molar-refractivity contribution < 1.29 is 29.3 Å². The maximum Gasteiger partial charge on any atom is 0.337 e. The van der Waals surface area contributed by atoms with Crippen LogP contribution in [0.5, 0.6) is 11.5 Å². The lowest BCUT2D eigenvalue weighted by atomic mass is 10.1. The fourth-order valence-corrected chi connectivity index (χ4v) is 1.91. The highest BCUT2D eigenvalue weighted by atomic mass is 16.5. The van der Waals surface area contributed by atoms with Crippen molar-refractivity contribution >= 4 is 18.0 Å². The zero-order valence-corrected chi connectivity index (χ0v) is 12.3. The number of hydrogen-bond donors (Lipinski definition) is 3. The van der Waals surface area contributed by atoms with Gasteiger partial charge in [-0.05, 0) is 19.1 Å². The van der Waals surface area contributed by atoms with E-state index in [1.165, 1.54) is 7.11 Å². The van der Waals surface area contributed by atoms with Crippen molar-refractivity contribution in [1.29, 1.82) is 0 Å². The molecule has 22 heavy (non-hydrogen) atoms. The largest absolute Gasteiger partial charge is 0.493 e. The quantitative estimate of drug-likeness (QED) is 0.728. The van der Waals surface area contributed by atoms with Crippen LogP contribution < -0.4 is 14.8 Å². The Morgan fingerprint density at radius 3 is 2.82 bits per heavy atom. The maximum atomic E-state index is 12.0. The molecule has 0 saturated heterocycles. The minimum Gasteiger partial charge on any atom is -0.493 e. The summed E-state index contributed by atoms with van der Waals surface area (Å²) in [7, 11) is 1.53. The number of ether oxygens (including phenoxy) is 2. The van der Waals surface area contributed by atoms with Gasteiger partial charge in [-0.3, -0.25) is 4.79 Å². The number of carbonyl (C=O) groups is 2. The van der Waals surface area contributed by atoms with Gasteiger partial charge >= 0.3 is 5.97 Å². The molecular weight excluding hydrogens is 290 g/mol. The van der Waals surface area contributed by atoms with Crippen molar-refractivity contribution in [3.05, 3.63) is 29.3 Å². The van der Waals surface area contributed by atoms with Gasteiger partial charge in [0.25, 0.3) is 5.91 Å². The second-order valence-electron chi connectivity index (χ2n) is 5.10. The number of rotatable bonds is 5. The lowest BCUT2D eigenvalue weighted by molar-refractivity contribution is -0.156. The summed E-state index contributed by atoms with van der Waals surface area (Å²) >= 11 is 0. The average molecular weight is 307 g/mol. The number of amides is 1. The van der Waals surface area contributed by atoms with Crippen molar-refractivity contribution in [3.63, 3.8) is 0 Å². The third kappa shape index (κ3) is 3.20. The summed E-state index contributed by atoms with van der Waals surface area (Å²) < 4.78 is 10.7. The molecule has 0 radical (unpaired) electrons. The van der Waals surface area contributed by atoms with E-state index in [4.69, 9.17) is 14.6 Å². The van der Waals surface area contributed by atoms with E-state index >= 15 is 0 Å². The van der Waals surface area contributed by atoms with Gasteiger partial charge in [0.05, 0.1) is 19.2 Å². The van der Waals surface area contributed by atoms with Gasteiger partial charge in [0.15, 0.2) is 17.1 Å². The number of hydrogen-bond acceptors (Lipinski definition) is 5. The summed E-state index contributed by atoms with van der Waals surface area (Å²) in [4.78, 5) is 22.8. The molecule has 118 valence electrons. The highest BCUT2D eigenvalue weighted by molar-refractivity contribution is 5.99. The predicted octanol–water partition coefficient (Wildman–Crippen LogP) is 0.423. The SMILES string of the molecule is COc1cccc2c1OCC(C(=O)NCC(C)(O)C(=O)O)=C2. The van der Waals surface area contributed by atoms with Gasteiger partial charge < -0.3 is 25.0 Å². The van der Waals surface area contributed by atoms with Crippen molar-refractivity contribution in [2.75, 3.05) is 20.3 Å². The van der Waals surface area contributed by atoms with Crippen molar-refractivity contribution in [2.24, 2.45) is 0 Å². The first-order chi connectivity index (χ1) is 10.3. The molecule has 7 nitrogen and oxygen atoms in total. The van der Waals surface area contributed by atoms with Gasteiger partial charge in [0, 0.05) is 5.56 Å². The van der Waals surface area contributed by atoms with Crippen LogP contribution >= 0.6 is 0 Å². The van der Waals surface area contributed by atoms with E-state index < -0.39 is 24.0 Å². The highest BCUT2D eigenvalue weighted by Gasteiger charge is 2.31. The van der Waals surface area contributed by atoms with Crippen LogP contribution in [0.15, 0.2) is 23.8 Å². The molecule has 0 spiro atoms. The summed E-state index contributed by atoms with van der Waals surface area (Å²) in [6.07, 6.45) is 1.65. The first-order valence-corrected chi connectivity index (χ1v) is 6.59. The number of carboxylic acids is 1. The Bertz CT molecular complexity index is 635. The second-order valence-corrected chi connectivity index (χ2v) is 5.10. The van der Waals surface area contributed by atoms with Crippen molar-refractivity contribution in [2.45, 2.75) is 12.5 Å². The Labute approximate surface area is 127 Å². The first kappa shape index (κ1) is 15.8. The lowest BCUT2D eigenvalue weighted by Gasteiger charge is -2.22. The van der Waals surface area contributed by atoms with Crippen molar-refractivity contribution in [3.8, 4) is 11.5 Å². The molecule has 1 aromatic carbocycles. The zero-order valence-electron chi connectivity index (χ0n) is 12.3. The van der Waals surface area contributed by atoms with Crippen LogP contribution in [0.4, 0.5) is 0 Å². The topological polar surface area (TPSA) is 105 Å². The lowest BCUT2D eigenvalue weighted by Crippen LogP contribution is -2.47. The third-order valence-electron chi connectivity index (χ3n) is 3.28. The number of fused-ring (bicyclic) bond motifs is 1. The van der Waals surface area contributed by atoms with Crippen LogP contribution in [-0.2, 0) is 9.59 Å². The molecular formula is C15H17NO6. The van der Waals surface area contributed by atoms with Crippen LogP contribution in [0.2, 0.25) is 0 Å². The molecule has 0 fully saturated rings. The number of aliphatic hydroxyl groups is 1. The summed E-state index contributed by atoms with van der Waals surface area (Å²) in [5.74, 6) is -0.771. The smallest absolute Gasteiger partial charge is 0.337 e. The van der Waals surface area contributed by atoms with E-state index in [2.05, 4.69) is 5.32 Å². The molecule has 2 rings (SSSR count). The molecule has 0 bridgehead atoms. The van der Waals surface area contributed by atoms with E-state index in [1.54, 1.807) is 24.3 Å². The number of methoxy groups -OCH3 is 1. The molecule has 7 heteroatoms. The van der Waals surface area contributed by atoms with E-state index in [0.717, 1.165) is 6.92 Å². The molecule has 0 aromatic heterocycles. The average Bonchev–Trinajstić information content (AvgIpc) is 2.51. The molecule has 0 aliphatic carbocycles. The zero-order chi connectivity index (χ0) is 16.3.